The predicted molar refractivity (Wildman–Crippen MR) is 70.5 cm³/mol. The molecule has 0 spiro atoms. The summed E-state index contributed by atoms with van der Waals surface area (Å²) in [6.45, 7) is -1.08. The van der Waals surface area contributed by atoms with E-state index in [-0.39, 0.29) is 12.7 Å². The van der Waals surface area contributed by atoms with E-state index < -0.39 is 17.7 Å². The maximum absolute atomic E-state index is 12.8. The molecule has 0 radical (unpaired) electrons. The van der Waals surface area contributed by atoms with Crippen molar-refractivity contribution in [2.75, 3.05) is 13.8 Å². The zero-order chi connectivity index (χ0) is 14.1. The number of alkyl halides is 1. The Bertz CT molecular complexity index is 488. The van der Waals surface area contributed by atoms with E-state index in [0.717, 1.165) is 18.4 Å². The van der Waals surface area contributed by atoms with Gasteiger partial charge in [-0.3, -0.25) is 0 Å². The normalized spacial score (nSPS) is 19.6. The first kappa shape index (κ1) is 14.3. The Labute approximate surface area is 116 Å². The quantitative estimate of drug-likeness (QED) is 0.818. The highest BCUT2D eigenvalue weighted by Gasteiger charge is 2.51. The van der Waals surface area contributed by atoms with Crippen LogP contribution in [0.3, 0.4) is 0 Å². The van der Waals surface area contributed by atoms with E-state index in [9.17, 15) is 14.3 Å². The minimum atomic E-state index is -1.93. The average Bonchev–Trinajstić information content (AvgIpc) is 3.19. The number of carbonyl (C=O) groups excluding carboxylic acids is 1. The van der Waals surface area contributed by atoms with Crippen molar-refractivity contribution in [2.45, 2.75) is 30.3 Å². The number of methoxy groups -OCH3 is 1. The Hall–Kier alpha value is -1.13. The van der Waals surface area contributed by atoms with Crippen LogP contribution < -0.4 is 4.74 Å². The molecule has 0 amide bonds. The summed E-state index contributed by atoms with van der Waals surface area (Å²) in [4.78, 5) is 10.9. The van der Waals surface area contributed by atoms with Crippen molar-refractivity contribution >= 4 is 17.9 Å². The van der Waals surface area contributed by atoms with Crippen LogP contribution in [0.4, 0.5) is 4.39 Å². The van der Waals surface area contributed by atoms with Gasteiger partial charge in [-0.25, -0.2) is 4.39 Å². The molecule has 0 saturated heterocycles. The largest absolute Gasteiger partial charge is 0.495 e. The van der Waals surface area contributed by atoms with Gasteiger partial charge in [-0.2, -0.15) is 0 Å². The van der Waals surface area contributed by atoms with Crippen LogP contribution in [0.15, 0.2) is 18.2 Å². The SMILES string of the molecule is COc1cccc(C2(CC(O)(C=O)CF)CC2)c1Cl. The maximum atomic E-state index is 12.8. The Kier molecular flexibility index (Phi) is 3.83. The van der Waals surface area contributed by atoms with Crippen molar-refractivity contribution in [2.24, 2.45) is 0 Å². The van der Waals surface area contributed by atoms with Crippen LogP contribution in [-0.4, -0.2) is 30.8 Å². The van der Waals surface area contributed by atoms with Crippen LogP contribution >= 0.6 is 11.6 Å². The lowest BCUT2D eigenvalue weighted by molar-refractivity contribution is -0.127. The second-order valence-corrected chi connectivity index (χ2v) is 5.51. The van der Waals surface area contributed by atoms with Crippen molar-refractivity contribution in [1.82, 2.24) is 0 Å². The first-order valence-corrected chi connectivity index (χ1v) is 6.46. The minimum absolute atomic E-state index is 0.0485. The van der Waals surface area contributed by atoms with Gasteiger partial charge in [0.25, 0.3) is 0 Å². The van der Waals surface area contributed by atoms with Crippen LogP contribution in [-0.2, 0) is 10.2 Å². The van der Waals surface area contributed by atoms with Gasteiger partial charge in [-0.15, -0.1) is 0 Å². The van der Waals surface area contributed by atoms with Crippen molar-refractivity contribution in [3.8, 4) is 5.75 Å². The first-order chi connectivity index (χ1) is 9.00. The highest BCUT2D eigenvalue weighted by molar-refractivity contribution is 6.33. The standard InChI is InChI=1S/C14H16ClFO3/c1-19-11-4-2-3-10(12(11)15)13(5-6-13)7-14(18,8-16)9-17/h2-4,9,18H,5-8H2,1H3. The summed E-state index contributed by atoms with van der Waals surface area (Å²) >= 11 is 6.26. The molecule has 2 rings (SSSR count). The molecule has 104 valence electrons. The van der Waals surface area contributed by atoms with Gasteiger partial charge in [0.05, 0.1) is 12.1 Å². The Morgan fingerprint density at radius 2 is 2.26 bits per heavy atom. The molecule has 1 aromatic rings. The molecular weight excluding hydrogens is 271 g/mol. The van der Waals surface area contributed by atoms with E-state index in [1.807, 2.05) is 6.07 Å². The first-order valence-electron chi connectivity index (χ1n) is 6.08. The fourth-order valence-corrected chi connectivity index (χ4v) is 2.88. The van der Waals surface area contributed by atoms with Gasteiger partial charge < -0.3 is 14.6 Å². The van der Waals surface area contributed by atoms with Gasteiger partial charge >= 0.3 is 0 Å². The minimum Gasteiger partial charge on any atom is -0.495 e. The highest BCUT2D eigenvalue weighted by atomic mass is 35.5. The van der Waals surface area contributed by atoms with Crippen molar-refractivity contribution < 1.29 is 19.0 Å². The van der Waals surface area contributed by atoms with E-state index in [0.29, 0.717) is 10.8 Å². The zero-order valence-corrected chi connectivity index (χ0v) is 11.4. The van der Waals surface area contributed by atoms with E-state index in [1.54, 1.807) is 12.1 Å². The second kappa shape index (κ2) is 5.10. The van der Waals surface area contributed by atoms with Gasteiger partial charge in [-0.1, -0.05) is 23.7 Å². The van der Waals surface area contributed by atoms with Gasteiger partial charge in [0.1, 0.15) is 18.0 Å². The Balaban J connectivity index is 2.33. The number of aliphatic hydroxyl groups is 1. The third-order valence-electron chi connectivity index (χ3n) is 3.70. The third kappa shape index (κ3) is 2.60. The number of benzene rings is 1. The second-order valence-electron chi connectivity index (χ2n) is 5.13. The smallest absolute Gasteiger partial charge is 0.154 e. The number of hydrogen-bond acceptors (Lipinski definition) is 3. The molecule has 0 aliphatic heterocycles. The maximum Gasteiger partial charge on any atom is 0.154 e. The average molecular weight is 287 g/mol. The molecule has 1 atom stereocenters. The van der Waals surface area contributed by atoms with Crippen molar-refractivity contribution in [3.63, 3.8) is 0 Å². The number of carbonyl (C=O) groups is 1. The Morgan fingerprint density at radius 3 is 2.74 bits per heavy atom. The van der Waals surface area contributed by atoms with Crippen LogP contribution in [0.5, 0.6) is 5.75 Å². The molecule has 0 bridgehead atoms. The molecule has 0 heterocycles. The van der Waals surface area contributed by atoms with Gasteiger partial charge in [0.2, 0.25) is 0 Å². The van der Waals surface area contributed by atoms with Gasteiger partial charge in [0.15, 0.2) is 6.29 Å². The summed E-state index contributed by atoms with van der Waals surface area (Å²) in [6.07, 6.45) is 1.88. The van der Waals surface area contributed by atoms with Crippen LogP contribution in [0, 0.1) is 0 Å². The zero-order valence-electron chi connectivity index (χ0n) is 10.7. The van der Waals surface area contributed by atoms with E-state index >= 15 is 0 Å². The number of ether oxygens (including phenoxy) is 1. The molecule has 1 N–H and O–H groups in total. The topological polar surface area (TPSA) is 46.5 Å². The summed E-state index contributed by atoms with van der Waals surface area (Å²) in [5.74, 6) is 0.542. The molecule has 0 aromatic heterocycles. The molecule has 5 heteroatoms. The highest BCUT2D eigenvalue weighted by Crippen LogP contribution is 2.56. The van der Waals surface area contributed by atoms with E-state index in [1.165, 1.54) is 7.11 Å². The fraction of sp³-hybridized carbons (Fsp3) is 0.500. The molecule has 19 heavy (non-hydrogen) atoms. The predicted octanol–water partition coefficient (Wildman–Crippen LogP) is 2.67. The van der Waals surface area contributed by atoms with Gasteiger partial charge in [0, 0.05) is 5.41 Å². The third-order valence-corrected chi connectivity index (χ3v) is 4.09. The molecule has 1 aliphatic carbocycles. The Morgan fingerprint density at radius 1 is 1.58 bits per heavy atom. The molecular formula is C14H16ClFO3. The lowest BCUT2D eigenvalue weighted by Gasteiger charge is -2.26. The van der Waals surface area contributed by atoms with Crippen molar-refractivity contribution in [3.05, 3.63) is 28.8 Å². The van der Waals surface area contributed by atoms with E-state index in [2.05, 4.69) is 0 Å². The lowest BCUT2D eigenvalue weighted by Crippen LogP contribution is -2.37. The molecule has 1 aromatic carbocycles. The number of hydrogen-bond donors (Lipinski definition) is 1. The summed E-state index contributed by atoms with van der Waals surface area (Å²) in [6, 6.07) is 5.37. The summed E-state index contributed by atoms with van der Waals surface area (Å²) in [7, 11) is 1.52. The number of aldehydes is 1. The lowest BCUT2D eigenvalue weighted by atomic mass is 9.84. The summed E-state index contributed by atoms with van der Waals surface area (Å²) < 4.78 is 18.0. The molecule has 3 nitrogen and oxygen atoms in total. The fourth-order valence-electron chi connectivity index (χ4n) is 2.48. The molecule has 1 aliphatic rings. The molecule has 1 fully saturated rings. The van der Waals surface area contributed by atoms with Crippen LogP contribution in [0.25, 0.3) is 0 Å². The summed E-state index contributed by atoms with van der Waals surface area (Å²) in [5.41, 5.74) is -1.54. The molecule has 1 saturated carbocycles. The van der Waals surface area contributed by atoms with Crippen molar-refractivity contribution in [1.29, 1.82) is 0 Å². The number of halogens is 2. The van der Waals surface area contributed by atoms with Gasteiger partial charge in [-0.05, 0) is 30.9 Å². The monoisotopic (exact) mass is 286 g/mol. The van der Waals surface area contributed by atoms with Crippen LogP contribution in [0.1, 0.15) is 24.8 Å². The summed E-state index contributed by atoms with van der Waals surface area (Å²) in [5, 5.41) is 10.3. The molecule has 1 unspecified atom stereocenters. The van der Waals surface area contributed by atoms with E-state index in [4.69, 9.17) is 16.3 Å². The van der Waals surface area contributed by atoms with Crippen LogP contribution in [0.2, 0.25) is 5.02 Å². The number of rotatable bonds is 6.